The van der Waals surface area contributed by atoms with Crippen molar-refractivity contribution < 1.29 is 28.6 Å². The summed E-state index contributed by atoms with van der Waals surface area (Å²) < 4.78 is 16.3. The quantitative estimate of drug-likeness (QED) is 0.543. The van der Waals surface area contributed by atoms with E-state index in [4.69, 9.17) is 14.2 Å². The molecular weight excluding hydrogens is 380 g/mol. The molecule has 2 aromatic rings. The van der Waals surface area contributed by atoms with E-state index in [1.54, 1.807) is 48.5 Å². The standard InChI is InChI=1S/C21H20O6S/c1-14(22)26-19-12-17(27-21(24)16-10-6-3-7-11-16)18(28-19)13-25-20(23)15-8-4-2-5-9-15/h2-11,17-19H,12-13H2,1H3/t17-,18+,19?/m0/s1. The number of ether oxygens (including phenoxy) is 3. The van der Waals surface area contributed by atoms with Crippen molar-refractivity contribution in [3.63, 3.8) is 0 Å². The summed E-state index contributed by atoms with van der Waals surface area (Å²) in [6.45, 7) is 1.37. The SMILES string of the molecule is CC(=O)OC1C[C@H](OC(=O)c2ccccc2)[C@@H](COC(=O)c2ccccc2)S1. The summed E-state index contributed by atoms with van der Waals surface area (Å²) in [5.74, 6) is -1.33. The highest BCUT2D eigenvalue weighted by Gasteiger charge is 2.40. The zero-order valence-electron chi connectivity index (χ0n) is 15.3. The first-order valence-electron chi connectivity index (χ1n) is 8.84. The predicted molar refractivity (Wildman–Crippen MR) is 104 cm³/mol. The minimum atomic E-state index is -0.536. The van der Waals surface area contributed by atoms with Gasteiger partial charge in [-0.25, -0.2) is 9.59 Å². The van der Waals surface area contributed by atoms with E-state index < -0.39 is 29.4 Å². The smallest absolute Gasteiger partial charge is 0.338 e. The molecule has 6 nitrogen and oxygen atoms in total. The Kier molecular flexibility index (Phi) is 6.71. The highest BCUT2D eigenvalue weighted by Crippen LogP contribution is 2.37. The molecular formula is C21H20O6S. The molecule has 1 fully saturated rings. The summed E-state index contributed by atoms with van der Waals surface area (Å²) in [5, 5.41) is -0.329. The number of hydrogen-bond donors (Lipinski definition) is 0. The minimum Gasteiger partial charge on any atom is -0.461 e. The number of esters is 3. The van der Waals surface area contributed by atoms with Gasteiger partial charge in [0.2, 0.25) is 0 Å². The van der Waals surface area contributed by atoms with Crippen LogP contribution in [0.4, 0.5) is 0 Å². The van der Waals surface area contributed by atoms with E-state index in [0.717, 1.165) is 0 Å². The van der Waals surface area contributed by atoms with Crippen LogP contribution >= 0.6 is 11.8 Å². The van der Waals surface area contributed by atoms with Gasteiger partial charge in [-0.3, -0.25) is 4.79 Å². The Morgan fingerprint density at radius 3 is 2.04 bits per heavy atom. The summed E-state index contributed by atoms with van der Waals surface area (Å²) in [4.78, 5) is 35.9. The van der Waals surface area contributed by atoms with E-state index >= 15 is 0 Å². The summed E-state index contributed by atoms with van der Waals surface area (Å²) in [6.07, 6.45) is -0.193. The third kappa shape index (κ3) is 5.36. The molecule has 28 heavy (non-hydrogen) atoms. The van der Waals surface area contributed by atoms with Gasteiger partial charge in [0, 0.05) is 13.3 Å². The average molecular weight is 400 g/mol. The van der Waals surface area contributed by atoms with Gasteiger partial charge in [-0.2, -0.15) is 0 Å². The highest BCUT2D eigenvalue weighted by molar-refractivity contribution is 8.00. The molecule has 1 aliphatic heterocycles. The Bertz CT molecular complexity index is 823. The fourth-order valence-corrected chi connectivity index (χ4v) is 4.18. The fraction of sp³-hybridized carbons (Fsp3) is 0.286. The topological polar surface area (TPSA) is 78.9 Å². The van der Waals surface area contributed by atoms with Gasteiger partial charge < -0.3 is 14.2 Å². The maximum Gasteiger partial charge on any atom is 0.338 e. The lowest BCUT2D eigenvalue weighted by Crippen LogP contribution is -2.29. The molecule has 0 aliphatic carbocycles. The van der Waals surface area contributed by atoms with E-state index in [1.807, 2.05) is 12.1 Å². The molecule has 1 aliphatic rings. The summed E-state index contributed by atoms with van der Waals surface area (Å²) in [5.41, 5.74) is 0.426. The van der Waals surface area contributed by atoms with Crippen molar-refractivity contribution in [1.29, 1.82) is 0 Å². The predicted octanol–water partition coefficient (Wildman–Crippen LogP) is 3.46. The maximum absolute atomic E-state index is 12.4. The second-order valence-electron chi connectivity index (χ2n) is 6.22. The number of carbonyl (C=O) groups excluding carboxylic acids is 3. The number of carbonyl (C=O) groups is 3. The molecule has 1 saturated heterocycles. The van der Waals surface area contributed by atoms with Gasteiger partial charge in [0.05, 0.1) is 16.4 Å². The van der Waals surface area contributed by atoms with Crippen molar-refractivity contribution in [2.24, 2.45) is 0 Å². The van der Waals surface area contributed by atoms with Crippen LogP contribution in [-0.4, -0.2) is 41.3 Å². The van der Waals surface area contributed by atoms with Crippen molar-refractivity contribution >= 4 is 29.7 Å². The first-order chi connectivity index (χ1) is 13.5. The van der Waals surface area contributed by atoms with Crippen LogP contribution in [0, 0.1) is 0 Å². The normalized spacial score (nSPS) is 21.0. The van der Waals surface area contributed by atoms with Gasteiger partial charge in [0.25, 0.3) is 0 Å². The second kappa shape index (κ2) is 9.41. The van der Waals surface area contributed by atoms with Crippen LogP contribution < -0.4 is 0 Å². The van der Waals surface area contributed by atoms with Gasteiger partial charge in [0.1, 0.15) is 12.7 Å². The molecule has 1 unspecified atom stereocenters. The van der Waals surface area contributed by atoms with Crippen LogP contribution in [0.2, 0.25) is 0 Å². The third-order valence-corrected chi connectivity index (χ3v) is 5.50. The van der Waals surface area contributed by atoms with Crippen LogP contribution in [0.25, 0.3) is 0 Å². The van der Waals surface area contributed by atoms with Gasteiger partial charge in [-0.15, -0.1) is 11.8 Å². The van der Waals surface area contributed by atoms with Crippen molar-refractivity contribution in [2.45, 2.75) is 30.1 Å². The molecule has 0 saturated carbocycles. The van der Waals surface area contributed by atoms with Crippen molar-refractivity contribution in [3.05, 3.63) is 71.8 Å². The Balaban J connectivity index is 1.64. The molecule has 146 valence electrons. The van der Waals surface area contributed by atoms with E-state index in [1.165, 1.54) is 18.7 Å². The molecule has 0 amide bonds. The highest BCUT2D eigenvalue weighted by atomic mass is 32.2. The van der Waals surface area contributed by atoms with Crippen molar-refractivity contribution in [2.75, 3.05) is 6.61 Å². The zero-order chi connectivity index (χ0) is 19.9. The molecule has 3 atom stereocenters. The molecule has 0 N–H and O–H groups in total. The molecule has 2 aromatic carbocycles. The van der Waals surface area contributed by atoms with Gasteiger partial charge in [0.15, 0.2) is 5.44 Å². The summed E-state index contributed by atoms with van der Waals surface area (Å²) in [7, 11) is 0. The Labute approximate surface area is 167 Å². The number of thioether (sulfide) groups is 1. The third-order valence-electron chi connectivity index (χ3n) is 4.12. The lowest BCUT2D eigenvalue weighted by atomic mass is 10.2. The molecule has 0 spiro atoms. The van der Waals surface area contributed by atoms with Gasteiger partial charge in [-0.05, 0) is 24.3 Å². The fourth-order valence-electron chi connectivity index (χ4n) is 2.81. The minimum absolute atomic E-state index is 0.0445. The van der Waals surface area contributed by atoms with Crippen molar-refractivity contribution in [3.8, 4) is 0 Å². The Morgan fingerprint density at radius 2 is 1.46 bits per heavy atom. The molecule has 1 heterocycles. The van der Waals surface area contributed by atoms with Gasteiger partial charge in [-0.1, -0.05) is 36.4 Å². The summed E-state index contributed by atoms with van der Waals surface area (Å²) in [6, 6.07) is 17.3. The van der Waals surface area contributed by atoms with E-state index in [0.29, 0.717) is 17.5 Å². The first-order valence-corrected chi connectivity index (χ1v) is 9.78. The van der Waals surface area contributed by atoms with E-state index in [2.05, 4.69) is 0 Å². The lowest BCUT2D eigenvalue weighted by molar-refractivity contribution is -0.142. The lowest BCUT2D eigenvalue weighted by Gasteiger charge is -2.18. The van der Waals surface area contributed by atoms with Crippen LogP contribution in [0.1, 0.15) is 34.1 Å². The molecule has 3 rings (SSSR count). The zero-order valence-corrected chi connectivity index (χ0v) is 16.1. The van der Waals surface area contributed by atoms with E-state index in [9.17, 15) is 14.4 Å². The average Bonchev–Trinajstić information content (AvgIpc) is 3.07. The molecule has 0 bridgehead atoms. The van der Waals surface area contributed by atoms with Crippen LogP contribution in [0.5, 0.6) is 0 Å². The second-order valence-corrected chi connectivity index (χ2v) is 7.63. The van der Waals surface area contributed by atoms with E-state index in [-0.39, 0.29) is 11.9 Å². The monoisotopic (exact) mass is 400 g/mol. The van der Waals surface area contributed by atoms with Crippen LogP contribution in [0.15, 0.2) is 60.7 Å². The number of benzene rings is 2. The largest absolute Gasteiger partial charge is 0.461 e. The maximum atomic E-state index is 12.4. The number of hydrogen-bond acceptors (Lipinski definition) is 7. The van der Waals surface area contributed by atoms with Gasteiger partial charge >= 0.3 is 17.9 Å². The van der Waals surface area contributed by atoms with Crippen LogP contribution in [-0.2, 0) is 19.0 Å². The molecule has 0 aromatic heterocycles. The molecule has 0 radical (unpaired) electrons. The number of rotatable bonds is 6. The first kappa shape index (κ1) is 19.9. The van der Waals surface area contributed by atoms with Crippen LogP contribution in [0.3, 0.4) is 0 Å². The summed E-state index contributed by atoms with van der Waals surface area (Å²) >= 11 is 1.32. The Hall–Kier alpha value is -2.80. The molecule has 7 heteroatoms. The Morgan fingerprint density at radius 1 is 0.893 bits per heavy atom. The van der Waals surface area contributed by atoms with Crippen molar-refractivity contribution in [1.82, 2.24) is 0 Å².